The zero-order valence-corrected chi connectivity index (χ0v) is 15.7. The van der Waals surface area contributed by atoms with Crippen LogP contribution in [0.1, 0.15) is 24.2 Å². The van der Waals surface area contributed by atoms with Gasteiger partial charge in [0.1, 0.15) is 5.76 Å². The van der Waals surface area contributed by atoms with E-state index in [4.69, 9.17) is 4.42 Å². The molecule has 4 nitrogen and oxygen atoms in total. The van der Waals surface area contributed by atoms with Gasteiger partial charge in [0.05, 0.1) is 0 Å². The highest BCUT2D eigenvalue weighted by Crippen LogP contribution is 2.14. The molecular weight excluding hydrogens is 415 g/mol. The van der Waals surface area contributed by atoms with Crippen LogP contribution >= 0.6 is 22.6 Å². The molecule has 1 saturated heterocycles. The third-order valence-corrected chi connectivity index (χ3v) is 4.71. The predicted octanol–water partition coefficient (Wildman–Crippen LogP) is 4.17. The van der Waals surface area contributed by atoms with Crippen molar-refractivity contribution < 1.29 is 9.21 Å². The van der Waals surface area contributed by atoms with Gasteiger partial charge in [-0.1, -0.05) is 12.1 Å². The highest BCUT2D eigenvalue weighted by Gasteiger charge is 2.10. The molecule has 126 valence electrons. The van der Waals surface area contributed by atoms with Gasteiger partial charge in [-0.15, -0.1) is 0 Å². The second-order valence-corrected chi connectivity index (χ2v) is 7.02. The van der Waals surface area contributed by atoms with Crippen molar-refractivity contribution in [3.05, 3.63) is 57.6 Å². The normalized spacial score (nSPS) is 15.2. The molecular formula is C19H21IN2O2. The lowest BCUT2D eigenvalue weighted by Gasteiger charge is -2.14. The molecule has 1 aromatic heterocycles. The van der Waals surface area contributed by atoms with Gasteiger partial charge in [-0.05, 0) is 90.8 Å². The maximum absolute atomic E-state index is 11.9. The molecule has 1 N–H and O–H groups in total. The summed E-state index contributed by atoms with van der Waals surface area (Å²) in [5, 5.41) is 2.86. The summed E-state index contributed by atoms with van der Waals surface area (Å²) in [6.45, 7) is 3.58. The lowest BCUT2D eigenvalue weighted by molar-refractivity contribution is -0.111. The molecule has 0 atom stereocenters. The molecule has 0 aliphatic carbocycles. The van der Waals surface area contributed by atoms with Gasteiger partial charge < -0.3 is 14.6 Å². The summed E-state index contributed by atoms with van der Waals surface area (Å²) in [6, 6.07) is 11.8. The number of amides is 1. The standard InChI is InChI=1S/C19H21IN2O2/c20-18-9-7-17(24-18)8-10-19(23)21-16-5-3-15(4-6-16)11-14-22-12-1-2-13-22/h3-10H,1-2,11-14H2,(H,21,23)/b10-8+. The molecule has 1 aliphatic rings. The Hall–Kier alpha value is -1.60. The number of carbonyl (C=O) groups is 1. The Bertz CT molecular complexity index is 700. The fourth-order valence-corrected chi connectivity index (χ4v) is 3.24. The van der Waals surface area contributed by atoms with Gasteiger partial charge in [-0.3, -0.25) is 4.79 Å². The largest absolute Gasteiger partial charge is 0.451 e. The van der Waals surface area contributed by atoms with Crippen molar-refractivity contribution in [2.45, 2.75) is 19.3 Å². The summed E-state index contributed by atoms with van der Waals surface area (Å²) in [6.07, 6.45) is 6.87. The van der Waals surface area contributed by atoms with Crippen LogP contribution < -0.4 is 5.32 Å². The fourth-order valence-electron chi connectivity index (χ4n) is 2.81. The number of rotatable bonds is 6. The number of hydrogen-bond donors (Lipinski definition) is 1. The van der Waals surface area contributed by atoms with Crippen molar-refractivity contribution in [2.24, 2.45) is 0 Å². The number of nitrogens with one attached hydrogen (secondary N) is 1. The van der Waals surface area contributed by atoms with Crippen LogP contribution in [0.5, 0.6) is 0 Å². The molecule has 0 unspecified atom stereocenters. The van der Waals surface area contributed by atoms with E-state index in [0.717, 1.165) is 22.4 Å². The summed E-state index contributed by atoms with van der Waals surface area (Å²) in [7, 11) is 0. The van der Waals surface area contributed by atoms with Crippen LogP contribution in [0, 0.1) is 3.77 Å². The predicted molar refractivity (Wildman–Crippen MR) is 105 cm³/mol. The van der Waals surface area contributed by atoms with E-state index in [0.29, 0.717) is 5.76 Å². The molecule has 1 amide bonds. The van der Waals surface area contributed by atoms with Crippen LogP contribution in [0.3, 0.4) is 0 Å². The van der Waals surface area contributed by atoms with Crippen LogP contribution in [0.4, 0.5) is 5.69 Å². The van der Waals surface area contributed by atoms with Crippen molar-refractivity contribution in [3.8, 4) is 0 Å². The third kappa shape index (κ3) is 5.21. The minimum Gasteiger partial charge on any atom is -0.451 e. The number of nitrogens with zero attached hydrogens (tertiary/aromatic N) is 1. The van der Waals surface area contributed by atoms with E-state index in [2.05, 4.69) is 44.9 Å². The number of benzene rings is 1. The van der Waals surface area contributed by atoms with E-state index >= 15 is 0 Å². The Morgan fingerprint density at radius 1 is 1.17 bits per heavy atom. The zero-order chi connectivity index (χ0) is 16.8. The van der Waals surface area contributed by atoms with Gasteiger partial charge >= 0.3 is 0 Å². The summed E-state index contributed by atoms with van der Waals surface area (Å²) in [5.74, 6) is 0.512. The number of anilines is 1. The highest BCUT2D eigenvalue weighted by molar-refractivity contribution is 14.1. The molecule has 1 aliphatic heterocycles. The first-order valence-electron chi connectivity index (χ1n) is 8.25. The topological polar surface area (TPSA) is 45.5 Å². The van der Waals surface area contributed by atoms with Crippen molar-refractivity contribution in [1.82, 2.24) is 4.90 Å². The lowest BCUT2D eigenvalue weighted by Crippen LogP contribution is -2.21. The number of carbonyl (C=O) groups excluding carboxylic acids is 1. The highest BCUT2D eigenvalue weighted by atomic mass is 127. The second kappa shape index (κ2) is 8.48. The van der Waals surface area contributed by atoms with Gasteiger partial charge in [-0.25, -0.2) is 0 Å². The SMILES string of the molecule is O=C(/C=C/c1ccc(I)o1)Nc1ccc(CCN2CCCC2)cc1. The quantitative estimate of drug-likeness (QED) is 0.546. The minimum absolute atomic E-state index is 0.161. The van der Waals surface area contributed by atoms with Gasteiger partial charge in [0, 0.05) is 18.3 Å². The third-order valence-electron chi connectivity index (χ3n) is 4.13. The number of furan rings is 1. The molecule has 0 spiro atoms. The summed E-state index contributed by atoms with van der Waals surface area (Å²) in [5.41, 5.74) is 2.11. The van der Waals surface area contributed by atoms with Crippen LogP contribution in [-0.4, -0.2) is 30.4 Å². The Morgan fingerprint density at radius 2 is 1.92 bits per heavy atom. The zero-order valence-electron chi connectivity index (χ0n) is 13.5. The van der Waals surface area contributed by atoms with E-state index in [1.807, 2.05) is 24.3 Å². The van der Waals surface area contributed by atoms with Gasteiger partial charge in [0.2, 0.25) is 5.91 Å². The lowest BCUT2D eigenvalue weighted by atomic mass is 10.1. The summed E-state index contributed by atoms with van der Waals surface area (Å²) >= 11 is 2.09. The average molecular weight is 436 g/mol. The van der Waals surface area contributed by atoms with E-state index in [9.17, 15) is 4.79 Å². The molecule has 2 aromatic rings. The van der Waals surface area contributed by atoms with Crippen molar-refractivity contribution in [1.29, 1.82) is 0 Å². The van der Waals surface area contributed by atoms with Gasteiger partial charge in [0.25, 0.3) is 0 Å². The number of likely N-dealkylation sites (tertiary alicyclic amines) is 1. The Labute approximate surface area is 156 Å². The smallest absolute Gasteiger partial charge is 0.248 e. The fraction of sp³-hybridized carbons (Fsp3) is 0.316. The maximum atomic E-state index is 11.9. The van der Waals surface area contributed by atoms with Crippen molar-refractivity contribution in [2.75, 3.05) is 25.0 Å². The molecule has 0 radical (unpaired) electrons. The molecule has 2 heterocycles. The molecule has 0 saturated carbocycles. The second-order valence-electron chi connectivity index (χ2n) is 5.96. The van der Waals surface area contributed by atoms with E-state index < -0.39 is 0 Å². The van der Waals surface area contributed by atoms with Crippen molar-refractivity contribution in [3.63, 3.8) is 0 Å². The first-order valence-corrected chi connectivity index (χ1v) is 9.33. The number of halogens is 1. The van der Waals surface area contributed by atoms with Gasteiger partial charge in [0.15, 0.2) is 3.77 Å². The molecule has 1 aromatic carbocycles. The molecule has 1 fully saturated rings. The maximum Gasteiger partial charge on any atom is 0.248 e. The first-order chi connectivity index (χ1) is 11.7. The van der Waals surface area contributed by atoms with Crippen LogP contribution in [0.2, 0.25) is 0 Å². The summed E-state index contributed by atoms with van der Waals surface area (Å²) < 4.78 is 6.19. The van der Waals surface area contributed by atoms with E-state index in [1.165, 1.54) is 37.6 Å². The average Bonchev–Trinajstić information content (AvgIpc) is 3.24. The van der Waals surface area contributed by atoms with Crippen LogP contribution in [0.25, 0.3) is 6.08 Å². The molecule has 5 heteroatoms. The van der Waals surface area contributed by atoms with Crippen LogP contribution in [0.15, 0.2) is 46.9 Å². The Morgan fingerprint density at radius 3 is 2.58 bits per heavy atom. The number of hydrogen-bond acceptors (Lipinski definition) is 3. The van der Waals surface area contributed by atoms with Gasteiger partial charge in [-0.2, -0.15) is 0 Å². The van der Waals surface area contributed by atoms with E-state index in [-0.39, 0.29) is 5.91 Å². The van der Waals surface area contributed by atoms with E-state index in [1.54, 1.807) is 6.08 Å². The molecule has 3 rings (SSSR count). The van der Waals surface area contributed by atoms with Crippen molar-refractivity contribution >= 4 is 40.3 Å². The Kier molecular flexibility index (Phi) is 6.09. The summed E-state index contributed by atoms with van der Waals surface area (Å²) in [4.78, 5) is 14.4. The molecule has 24 heavy (non-hydrogen) atoms. The van der Waals surface area contributed by atoms with Crippen LogP contribution in [-0.2, 0) is 11.2 Å². The molecule has 0 bridgehead atoms. The monoisotopic (exact) mass is 436 g/mol. The Balaban J connectivity index is 1.48. The minimum atomic E-state index is -0.161. The first kappa shape index (κ1) is 17.2.